The third-order valence-corrected chi connectivity index (χ3v) is 4.47. The molecule has 0 bridgehead atoms. The van der Waals surface area contributed by atoms with Crippen molar-refractivity contribution in [3.63, 3.8) is 0 Å². The number of aromatic nitrogens is 2. The summed E-state index contributed by atoms with van der Waals surface area (Å²) in [5.74, 6) is 1.70. The van der Waals surface area contributed by atoms with Crippen molar-refractivity contribution in [2.45, 2.75) is 58.9 Å². The molecule has 20 heavy (non-hydrogen) atoms. The summed E-state index contributed by atoms with van der Waals surface area (Å²) in [5, 5.41) is 4.66. The molecule has 1 N–H and O–H groups in total. The molecule has 1 unspecified atom stereocenters. The van der Waals surface area contributed by atoms with Gasteiger partial charge in [0.05, 0.1) is 0 Å². The van der Waals surface area contributed by atoms with Gasteiger partial charge in [0.1, 0.15) is 5.82 Å². The van der Waals surface area contributed by atoms with Crippen LogP contribution >= 0.6 is 11.5 Å². The van der Waals surface area contributed by atoms with Crippen LogP contribution in [-0.2, 0) is 5.41 Å². The highest BCUT2D eigenvalue weighted by atomic mass is 32.1. The first-order valence-corrected chi connectivity index (χ1v) is 8.46. The Morgan fingerprint density at radius 2 is 2.15 bits per heavy atom. The van der Waals surface area contributed by atoms with Crippen LogP contribution in [0.4, 0.5) is 5.13 Å². The van der Waals surface area contributed by atoms with Crippen molar-refractivity contribution in [2.75, 3.05) is 24.5 Å². The van der Waals surface area contributed by atoms with Gasteiger partial charge in [-0.1, -0.05) is 34.6 Å². The summed E-state index contributed by atoms with van der Waals surface area (Å²) < 4.78 is 4.54. The van der Waals surface area contributed by atoms with E-state index in [0.717, 1.165) is 36.5 Å². The van der Waals surface area contributed by atoms with Crippen LogP contribution in [-0.4, -0.2) is 35.0 Å². The number of piperidine rings is 1. The zero-order valence-electron chi connectivity index (χ0n) is 13.4. The molecule has 114 valence electrons. The molecule has 2 rings (SSSR count). The SMILES string of the molecule is CC(C)NCC1CCCN(c2nc(C(C)(C)C)ns2)C1. The molecule has 1 aliphatic rings. The van der Waals surface area contributed by atoms with E-state index in [1.165, 1.54) is 12.8 Å². The Labute approximate surface area is 127 Å². The number of rotatable bonds is 4. The Hall–Kier alpha value is -0.680. The van der Waals surface area contributed by atoms with Crippen LogP contribution in [0.1, 0.15) is 53.3 Å². The minimum atomic E-state index is 0.0448. The molecule has 0 aromatic carbocycles. The predicted molar refractivity (Wildman–Crippen MR) is 86.7 cm³/mol. The smallest absolute Gasteiger partial charge is 0.205 e. The van der Waals surface area contributed by atoms with E-state index in [-0.39, 0.29) is 5.41 Å². The minimum Gasteiger partial charge on any atom is -0.347 e. The van der Waals surface area contributed by atoms with Gasteiger partial charge >= 0.3 is 0 Å². The standard InChI is InChI=1S/C15H28N4S/c1-11(2)16-9-12-7-6-8-19(10-12)14-17-13(18-20-14)15(3,4)5/h11-12,16H,6-10H2,1-5H3. The molecule has 0 saturated carbocycles. The van der Waals surface area contributed by atoms with Crippen molar-refractivity contribution in [2.24, 2.45) is 5.92 Å². The van der Waals surface area contributed by atoms with Crippen LogP contribution in [0.25, 0.3) is 0 Å². The molecule has 0 aliphatic carbocycles. The van der Waals surface area contributed by atoms with E-state index in [1.807, 2.05) is 0 Å². The number of anilines is 1. The number of nitrogens with zero attached hydrogens (tertiary/aromatic N) is 3. The van der Waals surface area contributed by atoms with E-state index in [2.05, 4.69) is 49.2 Å². The Morgan fingerprint density at radius 3 is 2.75 bits per heavy atom. The molecule has 2 heterocycles. The van der Waals surface area contributed by atoms with E-state index in [9.17, 15) is 0 Å². The van der Waals surface area contributed by atoms with Gasteiger partial charge in [0, 0.05) is 36.1 Å². The molecule has 1 fully saturated rings. The second-order valence-electron chi connectivity index (χ2n) is 7.17. The first-order valence-electron chi connectivity index (χ1n) is 7.69. The fourth-order valence-electron chi connectivity index (χ4n) is 2.46. The van der Waals surface area contributed by atoms with Gasteiger partial charge in [-0.15, -0.1) is 0 Å². The van der Waals surface area contributed by atoms with E-state index < -0.39 is 0 Å². The van der Waals surface area contributed by atoms with Crippen molar-refractivity contribution >= 4 is 16.7 Å². The van der Waals surface area contributed by atoms with E-state index in [0.29, 0.717) is 6.04 Å². The van der Waals surface area contributed by atoms with E-state index in [1.54, 1.807) is 11.5 Å². The van der Waals surface area contributed by atoms with Crippen molar-refractivity contribution in [3.05, 3.63) is 5.82 Å². The average molecular weight is 296 g/mol. The Kier molecular flexibility index (Phi) is 5.02. The van der Waals surface area contributed by atoms with Crippen LogP contribution < -0.4 is 10.2 Å². The van der Waals surface area contributed by atoms with Crippen LogP contribution in [0, 0.1) is 5.92 Å². The van der Waals surface area contributed by atoms with Crippen molar-refractivity contribution in [1.29, 1.82) is 0 Å². The Bertz CT molecular complexity index is 422. The number of hydrogen-bond donors (Lipinski definition) is 1. The maximum Gasteiger partial charge on any atom is 0.205 e. The molecule has 1 atom stereocenters. The third kappa shape index (κ3) is 4.16. The Balaban J connectivity index is 1.96. The van der Waals surface area contributed by atoms with Gasteiger partial charge in [-0.25, -0.2) is 4.98 Å². The molecule has 1 aliphatic heterocycles. The van der Waals surface area contributed by atoms with Gasteiger partial charge < -0.3 is 10.2 Å². The average Bonchev–Trinajstić information content (AvgIpc) is 2.86. The fourth-order valence-corrected chi connectivity index (χ4v) is 3.35. The molecular formula is C15H28N4S. The lowest BCUT2D eigenvalue weighted by Gasteiger charge is -2.32. The molecule has 1 aromatic heterocycles. The largest absolute Gasteiger partial charge is 0.347 e. The van der Waals surface area contributed by atoms with Crippen molar-refractivity contribution in [1.82, 2.24) is 14.7 Å². The maximum atomic E-state index is 4.75. The van der Waals surface area contributed by atoms with Crippen molar-refractivity contribution < 1.29 is 0 Å². The van der Waals surface area contributed by atoms with Crippen LogP contribution in [0.3, 0.4) is 0 Å². The van der Waals surface area contributed by atoms with E-state index in [4.69, 9.17) is 4.98 Å². The highest BCUT2D eigenvalue weighted by Crippen LogP contribution is 2.28. The van der Waals surface area contributed by atoms with Gasteiger partial charge in [0.2, 0.25) is 5.13 Å². The van der Waals surface area contributed by atoms with Crippen LogP contribution in [0.5, 0.6) is 0 Å². The quantitative estimate of drug-likeness (QED) is 0.927. The summed E-state index contributed by atoms with van der Waals surface area (Å²) in [4.78, 5) is 7.17. The molecule has 1 aromatic rings. The summed E-state index contributed by atoms with van der Waals surface area (Å²) in [6.07, 6.45) is 2.58. The van der Waals surface area contributed by atoms with Gasteiger partial charge in [-0.2, -0.15) is 4.37 Å². The first-order chi connectivity index (χ1) is 9.36. The number of hydrogen-bond acceptors (Lipinski definition) is 5. The minimum absolute atomic E-state index is 0.0448. The lowest BCUT2D eigenvalue weighted by Crippen LogP contribution is -2.41. The molecule has 5 heteroatoms. The summed E-state index contributed by atoms with van der Waals surface area (Å²) >= 11 is 1.55. The lowest BCUT2D eigenvalue weighted by molar-refractivity contribution is 0.379. The van der Waals surface area contributed by atoms with Gasteiger partial charge in [-0.05, 0) is 25.3 Å². The topological polar surface area (TPSA) is 41.0 Å². The summed E-state index contributed by atoms with van der Waals surface area (Å²) in [6.45, 7) is 14.3. The molecule has 0 radical (unpaired) electrons. The first kappa shape index (κ1) is 15.7. The fraction of sp³-hybridized carbons (Fsp3) is 0.867. The molecule has 4 nitrogen and oxygen atoms in total. The molecule has 0 spiro atoms. The third-order valence-electron chi connectivity index (χ3n) is 3.69. The molecule has 0 amide bonds. The van der Waals surface area contributed by atoms with E-state index >= 15 is 0 Å². The molecular weight excluding hydrogens is 268 g/mol. The molecule has 1 saturated heterocycles. The zero-order chi connectivity index (χ0) is 14.8. The summed E-state index contributed by atoms with van der Waals surface area (Å²) in [6, 6.07) is 0.569. The highest BCUT2D eigenvalue weighted by Gasteiger charge is 2.25. The maximum absolute atomic E-state index is 4.75. The van der Waals surface area contributed by atoms with Gasteiger partial charge in [-0.3, -0.25) is 0 Å². The predicted octanol–water partition coefficient (Wildman–Crippen LogP) is 3.05. The van der Waals surface area contributed by atoms with Crippen LogP contribution in [0.2, 0.25) is 0 Å². The van der Waals surface area contributed by atoms with Gasteiger partial charge in [0.25, 0.3) is 0 Å². The second kappa shape index (κ2) is 6.39. The normalized spacial score (nSPS) is 20.7. The monoisotopic (exact) mass is 296 g/mol. The van der Waals surface area contributed by atoms with Crippen LogP contribution in [0.15, 0.2) is 0 Å². The lowest BCUT2D eigenvalue weighted by atomic mass is 9.96. The highest BCUT2D eigenvalue weighted by molar-refractivity contribution is 7.09. The van der Waals surface area contributed by atoms with Gasteiger partial charge in [0.15, 0.2) is 0 Å². The second-order valence-corrected chi connectivity index (χ2v) is 7.90. The zero-order valence-corrected chi connectivity index (χ0v) is 14.3. The summed E-state index contributed by atoms with van der Waals surface area (Å²) in [7, 11) is 0. The Morgan fingerprint density at radius 1 is 1.40 bits per heavy atom. The van der Waals surface area contributed by atoms with Crippen molar-refractivity contribution in [3.8, 4) is 0 Å². The number of nitrogens with one attached hydrogen (secondary N) is 1. The summed E-state index contributed by atoms with van der Waals surface area (Å²) in [5.41, 5.74) is 0.0448.